The van der Waals surface area contributed by atoms with Gasteiger partial charge in [-0.15, -0.1) is 0 Å². The van der Waals surface area contributed by atoms with Crippen molar-refractivity contribution in [1.29, 1.82) is 0 Å². The second kappa shape index (κ2) is 6.02. The van der Waals surface area contributed by atoms with E-state index in [0.29, 0.717) is 38.8 Å². The first-order valence-electron chi connectivity index (χ1n) is 8.58. The lowest BCUT2D eigenvalue weighted by Gasteiger charge is -2.51. The summed E-state index contributed by atoms with van der Waals surface area (Å²) >= 11 is 0. The molecule has 1 saturated heterocycles. The number of Topliss-reactive ketones (excluding diaryl/α,β-unsaturated/α-hetero) is 1. The summed E-state index contributed by atoms with van der Waals surface area (Å²) in [5.74, 6) is -0.0686. The lowest BCUT2D eigenvalue weighted by molar-refractivity contribution is -0.172. The molecular formula is C17H26N2O5. The lowest BCUT2D eigenvalue weighted by Crippen LogP contribution is -2.59. The van der Waals surface area contributed by atoms with Crippen molar-refractivity contribution < 1.29 is 23.9 Å². The molecule has 4 rings (SSSR count). The summed E-state index contributed by atoms with van der Waals surface area (Å²) in [6.07, 6.45) is 2.92. The number of methoxy groups -OCH3 is 1. The maximum atomic E-state index is 13.1. The van der Waals surface area contributed by atoms with Crippen molar-refractivity contribution in [2.75, 3.05) is 34.3 Å². The Bertz CT molecular complexity index is 551. The van der Waals surface area contributed by atoms with Crippen LogP contribution in [0.15, 0.2) is 0 Å². The third-order valence-corrected chi connectivity index (χ3v) is 5.94. The topological polar surface area (TPSA) is 76.2 Å². The number of amides is 2. The number of ether oxygens (including phenoxy) is 2. The van der Waals surface area contributed by atoms with Gasteiger partial charge < -0.3 is 19.3 Å². The molecule has 24 heavy (non-hydrogen) atoms. The lowest BCUT2D eigenvalue weighted by atomic mass is 9.57. The molecule has 0 radical (unpaired) electrons. The predicted molar refractivity (Wildman–Crippen MR) is 85.4 cm³/mol. The molecule has 0 aromatic heterocycles. The number of fused-ring (bicyclic) bond motifs is 3. The quantitative estimate of drug-likeness (QED) is 0.723. The van der Waals surface area contributed by atoms with Gasteiger partial charge in [0.2, 0.25) is 5.91 Å². The summed E-state index contributed by atoms with van der Waals surface area (Å²) in [6.45, 7) is 0.914. The number of carbonyl (C=O) groups is 3. The third kappa shape index (κ3) is 2.68. The fourth-order valence-electron chi connectivity index (χ4n) is 4.22. The minimum absolute atomic E-state index is 0.0144. The standard InChI is InChI=1S/C17H26N2O5/c1-18(2)15(22)24-12-4-9-19(11-12)14(21)17-7-5-16(23-3,6-8-17)10-13(17)20/h12H,4-11H2,1-3H3. The summed E-state index contributed by atoms with van der Waals surface area (Å²) in [5, 5.41) is 0. The fourth-order valence-corrected chi connectivity index (χ4v) is 4.22. The first-order valence-corrected chi connectivity index (χ1v) is 8.58. The van der Waals surface area contributed by atoms with Crippen LogP contribution in [-0.2, 0) is 19.1 Å². The largest absolute Gasteiger partial charge is 0.444 e. The molecule has 4 fully saturated rings. The van der Waals surface area contributed by atoms with Gasteiger partial charge in [0.05, 0.1) is 12.1 Å². The first kappa shape index (κ1) is 17.2. The van der Waals surface area contributed by atoms with E-state index in [4.69, 9.17) is 9.47 Å². The average Bonchev–Trinajstić information content (AvgIpc) is 3.03. The van der Waals surface area contributed by atoms with E-state index in [1.54, 1.807) is 26.1 Å². The monoisotopic (exact) mass is 338 g/mol. The molecule has 7 heteroatoms. The highest BCUT2D eigenvalue weighted by Crippen LogP contribution is 2.52. The van der Waals surface area contributed by atoms with Crippen LogP contribution in [0.3, 0.4) is 0 Å². The molecule has 0 aromatic rings. The Morgan fingerprint density at radius 2 is 1.88 bits per heavy atom. The zero-order chi connectivity index (χ0) is 17.5. The Balaban J connectivity index is 1.65. The van der Waals surface area contributed by atoms with Crippen molar-refractivity contribution >= 4 is 17.8 Å². The maximum Gasteiger partial charge on any atom is 0.409 e. The molecule has 0 spiro atoms. The van der Waals surface area contributed by atoms with Crippen molar-refractivity contribution in [2.45, 2.75) is 50.2 Å². The minimum atomic E-state index is -0.874. The Morgan fingerprint density at radius 3 is 2.42 bits per heavy atom. The van der Waals surface area contributed by atoms with Gasteiger partial charge in [0.15, 0.2) is 5.78 Å². The zero-order valence-electron chi connectivity index (χ0n) is 14.7. The summed E-state index contributed by atoms with van der Waals surface area (Å²) < 4.78 is 10.9. The summed E-state index contributed by atoms with van der Waals surface area (Å²) in [6, 6.07) is 0. The molecule has 3 saturated carbocycles. The van der Waals surface area contributed by atoms with Crippen LogP contribution in [0, 0.1) is 5.41 Å². The summed E-state index contributed by atoms with van der Waals surface area (Å²) in [5.41, 5.74) is -1.23. The van der Waals surface area contributed by atoms with Crippen molar-refractivity contribution in [3.8, 4) is 0 Å². The summed E-state index contributed by atoms with van der Waals surface area (Å²) in [4.78, 5) is 40.5. The second-order valence-electron chi connectivity index (χ2n) is 7.51. The maximum absolute atomic E-state index is 13.1. The van der Waals surface area contributed by atoms with Crippen LogP contribution >= 0.6 is 0 Å². The molecule has 0 N–H and O–H groups in total. The predicted octanol–water partition coefficient (Wildman–Crippen LogP) is 1.20. The third-order valence-electron chi connectivity index (χ3n) is 5.94. The molecule has 7 nitrogen and oxygen atoms in total. The Hall–Kier alpha value is -1.63. The SMILES string of the molecule is COC12CCC(C(=O)N3CCC(OC(=O)N(C)C)C3)(CC1)C(=O)C2. The van der Waals surface area contributed by atoms with E-state index in [2.05, 4.69) is 0 Å². The van der Waals surface area contributed by atoms with Crippen LogP contribution < -0.4 is 0 Å². The van der Waals surface area contributed by atoms with Gasteiger partial charge in [-0.25, -0.2) is 4.79 Å². The van der Waals surface area contributed by atoms with E-state index in [1.807, 2.05) is 0 Å². The van der Waals surface area contributed by atoms with Gasteiger partial charge in [-0.05, 0) is 25.7 Å². The van der Waals surface area contributed by atoms with Crippen molar-refractivity contribution in [3.63, 3.8) is 0 Å². The van der Waals surface area contributed by atoms with Crippen LogP contribution in [0.2, 0.25) is 0 Å². The fraction of sp³-hybridized carbons (Fsp3) is 0.824. The van der Waals surface area contributed by atoms with Gasteiger partial charge in [-0.3, -0.25) is 9.59 Å². The second-order valence-corrected chi connectivity index (χ2v) is 7.51. The van der Waals surface area contributed by atoms with E-state index >= 15 is 0 Å². The zero-order valence-corrected chi connectivity index (χ0v) is 14.7. The van der Waals surface area contributed by atoms with E-state index in [9.17, 15) is 14.4 Å². The van der Waals surface area contributed by atoms with Gasteiger partial charge in [-0.1, -0.05) is 0 Å². The van der Waals surface area contributed by atoms with Crippen LogP contribution in [0.1, 0.15) is 38.5 Å². The number of ketones is 1. The Labute approximate surface area is 142 Å². The minimum Gasteiger partial charge on any atom is -0.444 e. The van der Waals surface area contributed by atoms with Gasteiger partial charge in [0.1, 0.15) is 11.5 Å². The Morgan fingerprint density at radius 1 is 1.21 bits per heavy atom. The van der Waals surface area contributed by atoms with E-state index in [-0.39, 0.29) is 23.4 Å². The molecule has 1 heterocycles. The van der Waals surface area contributed by atoms with Crippen LogP contribution in [0.25, 0.3) is 0 Å². The molecule has 4 aliphatic rings. The van der Waals surface area contributed by atoms with Crippen molar-refractivity contribution in [3.05, 3.63) is 0 Å². The molecule has 1 atom stereocenters. The van der Waals surface area contributed by atoms with Gasteiger partial charge in [-0.2, -0.15) is 0 Å². The van der Waals surface area contributed by atoms with E-state index in [1.165, 1.54) is 4.90 Å². The van der Waals surface area contributed by atoms with Crippen molar-refractivity contribution in [2.24, 2.45) is 5.41 Å². The smallest absolute Gasteiger partial charge is 0.409 e. The highest BCUT2D eigenvalue weighted by molar-refractivity contribution is 6.07. The van der Waals surface area contributed by atoms with Gasteiger partial charge >= 0.3 is 6.09 Å². The normalized spacial score (nSPS) is 35.2. The number of likely N-dealkylation sites (tertiary alicyclic amines) is 1. The molecule has 2 bridgehead atoms. The van der Waals surface area contributed by atoms with E-state index in [0.717, 1.165) is 12.8 Å². The highest BCUT2D eigenvalue weighted by atomic mass is 16.6. The molecule has 0 aromatic carbocycles. The number of hydrogen-bond donors (Lipinski definition) is 0. The first-order chi connectivity index (χ1) is 11.3. The number of hydrogen-bond acceptors (Lipinski definition) is 5. The van der Waals surface area contributed by atoms with Gasteiger partial charge in [0.25, 0.3) is 0 Å². The molecule has 134 valence electrons. The van der Waals surface area contributed by atoms with Crippen LogP contribution in [0.5, 0.6) is 0 Å². The molecular weight excluding hydrogens is 312 g/mol. The average molecular weight is 338 g/mol. The molecule has 3 aliphatic carbocycles. The van der Waals surface area contributed by atoms with Crippen LogP contribution in [0.4, 0.5) is 4.79 Å². The van der Waals surface area contributed by atoms with Crippen molar-refractivity contribution in [1.82, 2.24) is 9.80 Å². The molecule has 1 aliphatic heterocycles. The number of carbonyl (C=O) groups excluding carboxylic acids is 3. The molecule has 1 unspecified atom stereocenters. The van der Waals surface area contributed by atoms with Gasteiger partial charge in [0, 0.05) is 40.6 Å². The molecule has 2 amide bonds. The van der Waals surface area contributed by atoms with E-state index < -0.39 is 11.5 Å². The number of nitrogens with zero attached hydrogens (tertiary/aromatic N) is 2. The Kier molecular flexibility index (Phi) is 4.32. The number of rotatable bonds is 3. The van der Waals surface area contributed by atoms with Crippen LogP contribution in [-0.4, -0.2) is 73.6 Å². The summed E-state index contributed by atoms with van der Waals surface area (Å²) in [7, 11) is 4.91. The highest BCUT2D eigenvalue weighted by Gasteiger charge is 2.59.